The quantitative estimate of drug-likeness (QED) is 0.585. The van der Waals surface area contributed by atoms with Crippen molar-refractivity contribution in [1.29, 1.82) is 0 Å². The van der Waals surface area contributed by atoms with Crippen molar-refractivity contribution in [2.75, 3.05) is 18.4 Å². The number of fused-ring (bicyclic) bond motifs is 2. The maximum atomic E-state index is 12.8. The number of carbonyl (C=O) groups is 1. The van der Waals surface area contributed by atoms with E-state index >= 15 is 0 Å². The van der Waals surface area contributed by atoms with E-state index in [1.165, 1.54) is 0 Å². The van der Waals surface area contributed by atoms with Crippen LogP contribution in [0.25, 0.3) is 21.8 Å². The molecule has 0 atom stereocenters. The molecule has 0 bridgehead atoms. The topological polar surface area (TPSA) is 86.8 Å². The second-order valence-electron chi connectivity index (χ2n) is 6.69. The average molecular weight is 358 g/mol. The maximum absolute atomic E-state index is 12.8. The van der Waals surface area contributed by atoms with Crippen LogP contribution in [0.15, 0.2) is 48.8 Å². The molecule has 1 saturated heterocycles. The highest BCUT2D eigenvalue weighted by molar-refractivity contribution is 6.06. The molecule has 4 aromatic rings. The number of aromatic nitrogens is 4. The number of hydrogen-bond acceptors (Lipinski definition) is 5. The Kier molecular flexibility index (Phi) is 3.71. The monoisotopic (exact) mass is 358 g/mol. The lowest BCUT2D eigenvalue weighted by molar-refractivity contribution is 0.0789. The summed E-state index contributed by atoms with van der Waals surface area (Å²) in [5, 5.41) is 13.3. The van der Waals surface area contributed by atoms with E-state index in [1.54, 1.807) is 12.4 Å². The summed E-state index contributed by atoms with van der Waals surface area (Å²) in [4.78, 5) is 23.3. The van der Waals surface area contributed by atoms with Crippen LogP contribution in [0.3, 0.4) is 0 Å². The van der Waals surface area contributed by atoms with Gasteiger partial charge >= 0.3 is 0 Å². The van der Waals surface area contributed by atoms with Crippen LogP contribution in [-0.4, -0.2) is 44.1 Å². The number of nitrogens with one attached hydrogen (secondary N) is 2. The van der Waals surface area contributed by atoms with Crippen molar-refractivity contribution in [2.45, 2.75) is 12.8 Å². The molecule has 4 heterocycles. The van der Waals surface area contributed by atoms with Gasteiger partial charge in [-0.1, -0.05) is 0 Å². The standard InChI is InChI=1S/C20H18N6O/c27-20(26-10-1-2-11-26)17-15-6-5-14(12-13(15)7-9-21-17)23-19-16-4-3-8-22-18(16)24-25-19/h3-9,12H,1-2,10-11H2,(H2,22,23,24,25). The van der Waals surface area contributed by atoms with Gasteiger partial charge in [0.05, 0.1) is 5.39 Å². The molecule has 1 aromatic carbocycles. The molecule has 1 aliphatic rings. The normalized spacial score (nSPS) is 14.1. The number of rotatable bonds is 3. The number of amides is 1. The Morgan fingerprint density at radius 2 is 1.93 bits per heavy atom. The minimum Gasteiger partial charge on any atom is -0.340 e. The fourth-order valence-electron chi connectivity index (χ4n) is 3.59. The molecule has 7 heteroatoms. The van der Waals surface area contributed by atoms with Crippen LogP contribution in [0.5, 0.6) is 0 Å². The third-order valence-electron chi connectivity index (χ3n) is 4.96. The van der Waals surface area contributed by atoms with E-state index in [-0.39, 0.29) is 5.91 Å². The minimum atomic E-state index is 0.0180. The summed E-state index contributed by atoms with van der Waals surface area (Å²) in [5.74, 6) is 0.810. The van der Waals surface area contributed by atoms with Crippen molar-refractivity contribution < 1.29 is 4.79 Å². The van der Waals surface area contributed by atoms with Gasteiger partial charge in [0.25, 0.3) is 5.91 Å². The van der Waals surface area contributed by atoms with Crippen molar-refractivity contribution >= 4 is 39.2 Å². The summed E-state index contributed by atoms with van der Waals surface area (Å²) in [6.07, 6.45) is 5.55. The van der Waals surface area contributed by atoms with Crippen LogP contribution in [0.2, 0.25) is 0 Å². The van der Waals surface area contributed by atoms with Gasteiger partial charge in [0.15, 0.2) is 5.65 Å². The number of carbonyl (C=O) groups excluding carboxylic acids is 1. The molecule has 2 N–H and O–H groups in total. The Morgan fingerprint density at radius 1 is 1.04 bits per heavy atom. The lowest BCUT2D eigenvalue weighted by Gasteiger charge is -2.16. The van der Waals surface area contributed by atoms with Crippen molar-refractivity contribution in [2.24, 2.45) is 0 Å². The number of aromatic amines is 1. The van der Waals surface area contributed by atoms with E-state index < -0.39 is 0 Å². The van der Waals surface area contributed by atoms with E-state index in [9.17, 15) is 4.79 Å². The smallest absolute Gasteiger partial charge is 0.273 e. The van der Waals surface area contributed by atoms with Gasteiger partial charge in [-0.2, -0.15) is 5.10 Å². The first-order valence-electron chi connectivity index (χ1n) is 9.04. The van der Waals surface area contributed by atoms with Gasteiger partial charge in [0.1, 0.15) is 11.5 Å². The Morgan fingerprint density at radius 3 is 2.81 bits per heavy atom. The number of pyridine rings is 2. The lowest BCUT2D eigenvalue weighted by Crippen LogP contribution is -2.28. The highest BCUT2D eigenvalue weighted by Crippen LogP contribution is 2.27. The summed E-state index contributed by atoms with van der Waals surface area (Å²) in [6.45, 7) is 1.63. The Balaban J connectivity index is 1.50. The number of nitrogens with zero attached hydrogens (tertiary/aromatic N) is 4. The van der Waals surface area contributed by atoms with Crippen LogP contribution < -0.4 is 5.32 Å². The second kappa shape index (κ2) is 6.35. The number of benzene rings is 1. The van der Waals surface area contributed by atoms with Gasteiger partial charge in [-0.05, 0) is 54.6 Å². The molecular formula is C20H18N6O. The maximum Gasteiger partial charge on any atom is 0.273 e. The fraction of sp³-hybridized carbons (Fsp3) is 0.200. The first-order valence-corrected chi connectivity index (χ1v) is 9.04. The van der Waals surface area contributed by atoms with Gasteiger partial charge in [-0.15, -0.1) is 0 Å². The molecule has 0 spiro atoms. The molecule has 1 amide bonds. The molecule has 0 aliphatic carbocycles. The van der Waals surface area contributed by atoms with Crippen LogP contribution in [-0.2, 0) is 0 Å². The molecule has 1 aliphatic heterocycles. The van der Waals surface area contributed by atoms with Crippen LogP contribution in [0.4, 0.5) is 11.5 Å². The predicted molar refractivity (Wildman–Crippen MR) is 104 cm³/mol. The molecular weight excluding hydrogens is 340 g/mol. The van der Waals surface area contributed by atoms with E-state index in [4.69, 9.17) is 0 Å². The third-order valence-corrected chi connectivity index (χ3v) is 4.96. The third kappa shape index (κ3) is 2.77. The molecule has 3 aromatic heterocycles. The fourth-order valence-corrected chi connectivity index (χ4v) is 3.59. The van der Waals surface area contributed by atoms with Crippen LogP contribution >= 0.6 is 0 Å². The highest BCUT2D eigenvalue weighted by atomic mass is 16.2. The number of H-pyrrole nitrogens is 1. The molecule has 1 fully saturated rings. The van der Waals surface area contributed by atoms with Crippen molar-refractivity contribution in [3.63, 3.8) is 0 Å². The van der Waals surface area contributed by atoms with E-state index in [0.29, 0.717) is 11.3 Å². The zero-order chi connectivity index (χ0) is 18.2. The van der Waals surface area contributed by atoms with E-state index in [1.807, 2.05) is 41.3 Å². The molecule has 27 heavy (non-hydrogen) atoms. The van der Waals surface area contributed by atoms with E-state index in [2.05, 4.69) is 25.5 Å². The van der Waals surface area contributed by atoms with Gasteiger partial charge in [0.2, 0.25) is 0 Å². The molecule has 134 valence electrons. The second-order valence-corrected chi connectivity index (χ2v) is 6.69. The SMILES string of the molecule is O=C(c1nccc2cc(Nc3[nH]nc4ncccc34)ccc12)N1CCCC1. The average Bonchev–Trinajstić information content (AvgIpc) is 3.38. The summed E-state index contributed by atoms with van der Waals surface area (Å²) < 4.78 is 0. The molecule has 7 nitrogen and oxygen atoms in total. The molecule has 5 rings (SSSR count). The van der Waals surface area contributed by atoms with Crippen LogP contribution in [0, 0.1) is 0 Å². The summed E-state index contributed by atoms with van der Waals surface area (Å²) >= 11 is 0. The summed E-state index contributed by atoms with van der Waals surface area (Å²) in [6, 6.07) is 11.7. The lowest BCUT2D eigenvalue weighted by atomic mass is 10.1. The number of hydrogen-bond donors (Lipinski definition) is 2. The zero-order valence-corrected chi connectivity index (χ0v) is 14.6. The van der Waals surface area contributed by atoms with Crippen molar-refractivity contribution in [1.82, 2.24) is 25.1 Å². The van der Waals surface area contributed by atoms with Gasteiger partial charge in [-0.25, -0.2) is 4.98 Å². The largest absolute Gasteiger partial charge is 0.340 e. The molecule has 0 radical (unpaired) electrons. The summed E-state index contributed by atoms with van der Waals surface area (Å²) in [7, 11) is 0. The van der Waals surface area contributed by atoms with Crippen molar-refractivity contribution in [3.05, 3.63) is 54.5 Å². The van der Waals surface area contributed by atoms with Gasteiger partial charge in [0, 0.05) is 36.6 Å². The Hall–Kier alpha value is -3.48. The molecule has 0 saturated carbocycles. The van der Waals surface area contributed by atoms with Gasteiger partial charge < -0.3 is 10.2 Å². The Bertz CT molecular complexity index is 1150. The first kappa shape index (κ1) is 15.7. The van der Waals surface area contributed by atoms with Crippen molar-refractivity contribution in [3.8, 4) is 0 Å². The number of anilines is 2. The van der Waals surface area contributed by atoms with E-state index in [0.717, 1.165) is 53.6 Å². The first-order chi connectivity index (χ1) is 13.3. The minimum absolute atomic E-state index is 0.0180. The molecule has 0 unspecified atom stereocenters. The van der Waals surface area contributed by atoms with Crippen LogP contribution in [0.1, 0.15) is 23.3 Å². The highest BCUT2D eigenvalue weighted by Gasteiger charge is 2.22. The van der Waals surface area contributed by atoms with Gasteiger partial charge in [-0.3, -0.25) is 14.9 Å². The zero-order valence-electron chi connectivity index (χ0n) is 14.6. The Labute approximate surface area is 155 Å². The predicted octanol–water partition coefficient (Wildman–Crippen LogP) is 3.49. The number of likely N-dealkylation sites (tertiary alicyclic amines) is 1. The summed E-state index contributed by atoms with van der Waals surface area (Å²) in [5.41, 5.74) is 2.10.